The highest BCUT2D eigenvalue weighted by molar-refractivity contribution is 5.94. The van der Waals surface area contributed by atoms with Crippen LogP contribution in [-0.4, -0.2) is 23.7 Å². The summed E-state index contributed by atoms with van der Waals surface area (Å²) in [5, 5.41) is 12.3. The predicted molar refractivity (Wildman–Crippen MR) is 79.7 cm³/mol. The average Bonchev–Trinajstić information content (AvgIpc) is 2.47. The summed E-state index contributed by atoms with van der Waals surface area (Å²) < 4.78 is 0. The largest absolute Gasteiger partial charge is 0.394 e. The fraction of sp³-hybridized carbons (Fsp3) is 0.235. The van der Waals surface area contributed by atoms with Crippen LogP contribution in [0.2, 0.25) is 0 Å². The second-order valence-corrected chi connectivity index (χ2v) is 4.91. The maximum atomic E-state index is 12.1. The molecule has 3 heteroatoms. The average molecular weight is 269 g/mol. The third-order valence-electron chi connectivity index (χ3n) is 3.16. The van der Waals surface area contributed by atoms with Crippen molar-refractivity contribution in [3.8, 4) is 0 Å². The molecule has 0 saturated heterocycles. The maximum Gasteiger partial charge on any atom is 0.251 e. The summed E-state index contributed by atoms with van der Waals surface area (Å²) in [5.74, 6) is -0.149. The Morgan fingerprint density at radius 2 is 1.90 bits per heavy atom. The second kappa shape index (κ2) is 6.87. The van der Waals surface area contributed by atoms with E-state index in [1.54, 1.807) is 6.07 Å². The van der Waals surface area contributed by atoms with E-state index in [2.05, 4.69) is 5.32 Å². The van der Waals surface area contributed by atoms with E-state index < -0.39 is 0 Å². The van der Waals surface area contributed by atoms with Gasteiger partial charge in [-0.1, -0.05) is 48.0 Å². The highest BCUT2D eigenvalue weighted by atomic mass is 16.3. The number of amides is 1. The van der Waals surface area contributed by atoms with Crippen molar-refractivity contribution >= 4 is 5.91 Å². The number of carbonyl (C=O) groups is 1. The number of nitrogens with one attached hydrogen (secondary N) is 1. The Hall–Kier alpha value is -2.13. The summed E-state index contributed by atoms with van der Waals surface area (Å²) in [6.45, 7) is 1.87. The monoisotopic (exact) mass is 269 g/mol. The number of hydrogen-bond donors (Lipinski definition) is 2. The molecular weight excluding hydrogens is 250 g/mol. The summed E-state index contributed by atoms with van der Waals surface area (Å²) in [4.78, 5) is 12.1. The first kappa shape index (κ1) is 14.3. The SMILES string of the molecule is Cc1cccc(C(=O)NC(CO)Cc2ccccc2)c1. The van der Waals surface area contributed by atoms with Crippen LogP contribution in [0.3, 0.4) is 0 Å². The fourth-order valence-corrected chi connectivity index (χ4v) is 2.11. The normalized spacial score (nSPS) is 11.9. The van der Waals surface area contributed by atoms with Crippen molar-refractivity contribution in [1.29, 1.82) is 0 Å². The van der Waals surface area contributed by atoms with Gasteiger partial charge in [-0.05, 0) is 31.0 Å². The molecule has 2 aromatic rings. The molecule has 0 aliphatic heterocycles. The molecule has 0 saturated carbocycles. The Labute approximate surface area is 119 Å². The molecule has 2 N–H and O–H groups in total. The molecular formula is C17H19NO2. The smallest absolute Gasteiger partial charge is 0.251 e. The van der Waals surface area contributed by atoms with Gasteiger partial charge in [0.2, 0.25) is 0 Å². The summed E-state index contributed by atoms with van der Waals surface area (Å²) in [7, 11) is 0. The topological polar surface area (TPSA) is 49.3 Å². The Balaban J connectivity index is 2.01. The molecule has 0 bridgehead atoms. The van der Waals surface area contributed by atoms with Crippen molar-refractivity contribution in [2.75, 3.05) is 6.61 Å². The molecule has 0 aliphatic carbocycles. The van der Waals surface area contributed by atoms with Gasteiger partial charge in [-0.15, -0.1) is 0 Å². The molecule has 0 spiro atoms. The van der Waals surface area contributed by atoms with Gasteiger partial charge in [-0.2, -0.15) is 0 Å². The van der Waals surface area contributed by atoms with Crippen molar-refractivity contribution in [3.05, 3.63) is 71.3 Å². The first-order chi connectivity index (χ1) is 9.69. The number of aliphatic hydroxyl groups excluding tert-OH is 1. The third kappa shape index (κ3) is 3.93. The maximum absolute atomic E-state index is 12.1. The van der Waals surface area contributed by atoms with Gasteiger partial charge in [0.1, 0.15) is 0 Å². The van der Waals surface area contributed by atoms with Crippen LogP contribution in [0, 0.1) is 6.92 Å². The Morgan fingerprint density at radius 1 is 1.15 bits per heavy atom. The van der Waals surface area contributed by atoms with Crippen LogP contribution in [0.1, 0.15) is 21.5 Å². The molecule has 0 aliphatic rings. The van der Waals surface area contributed by atoms with Gasteiger partial charge in [0.05, 0.1) is 12.6 Å². The lowest BCUT2D eigenvalue weighted by molar-refractivity contribution is 0.0916. The molecule has 0 radical (unpaired) electrons. The number of benzene rings is 2. The van der Waals surface area contributed by atoms with E-state index in [1.807, 2.05) is 55.5 Å². The van der Waals surface area contributed by atoms with Crippen molar-refractivity contribution < 1.29 is 9.90 Å². The Morgan fingerprint density at radius 3 is 2.55 bits per heavy atom. The van der Waals surface area contributed by atoms with E-state index in [4.69, 9.17) is 0 Å². The van der Waals surface area contributed by atoms with Crippen molar-refractivity contribution in [2.45, 2.75) is 19.4 Å². The van der Waals surface area contributed by atoms with Gasteiger partial charge in [0.15, 0.2) is 0 Å². The van der Waals surface area contributed by atoms with Gasteiger partial charge in [0, 0.05) is 5.56 Å². The van der Waals surface area contributed by atoms with Gasteiger partial charge >= 0.3 is 0 Å². The molecule has 20 heavy (non-hydrogen) atoms. The lowest BCUT2D eigenvalue weighted by Gasteiger charge is -2.16. The minimum Gasteiger partial charge on any atom is -0.394 e. The molecule has 1 atom stereocenters. The fourth-order valence-electron chi connectivity index (χ4n) is 2.11. The number of aryl methyl sites for hydroxylation is 1. The molecule has 3 nitrogen and oxygen atoms in total. The van der Waals surface area contributed by atoms with E-state index in [9.17, 15) is 9.90 Å². The lowest BCUT2D eigenvalue weighted by atomic mass is 10.1. The first-order valence-electron chi connectivity index (χ1n) is 6.71. The number of rotatable bonds is 5. The van der Waals surface area contributed by atoms with Crippen molar-refractivity contribution in [3.63, 3.8) is 0 Å². The molecule has 104 valence electrons. The standard InChI is InChI=1S/C17H19NO2/c1-13-6-5-9-15(10-13)17(20)18-16(12-19)11-14-7-3-2-4-8-14/h2-10,16,19H,11-12H2,1H3,(H,18,20). The quantitative estimate of drug-likeness (QED) is 0.875. The minimum absolute atomic E-state index is 0.0769. The van der Waals surface area contributed by atoms with Gasteiger partial charge < -0.3 is 10.4 Å². The number of carbonyl (C=O) groups excluding carboxylic acids is 1. The van der Waals surface area contributed by atoms with Crippen LogP contribution in [0.25, 0.3) is 0 Å². The van der Waals surface area contributed by atoms with Crippen LogP contribution in [0.4, 0.5) is 0 Å². The zero-order chi connectivity index (χ0) is 14.4. The van der Waals surface area contributed by atoms with E-state index in [1.165, 1.54) is 0 Å². The van der Waals surface area contributed by atoms with Crippen LogP contribution in [0.15, 0.2) is 54.6 Å². The Kier molecular flexibility index (Phi) is 4.91. The van der Waals surface area contributed by atoms with Gasteiger partial charge in [0.25, 0.3) is 5.91 Å². The minimum atomic E-state index is -0.273. The zero-order valence-corrected chi connectivity index (χ0v) is 11.5. The van der Waals surface area contributed by atoms with Crippen molar-refractivity contribution in [1.82, 2.24) is 5.32 Å². The molecule has 1 unspecified atom stereocenters. The Bertz CT molecular complexity index is 566. The second-order valence-electron chi connectivity index (χ2n) is 4.91. The summed E-state index contributed by atoms with van der Waals surface area (Å²) in [6.07, 6.45) is 0.620. The zero-order valence-electron chi connectivity index (χ0n) is 11.5. The highest BCUT2D eigenvalue weighted by Crippen LogP contribution is 2.06. The van der Waals surface area contributed by atoms with Crippen LogP contribution < -0.4 is 5.32 Å². The molecule has 1 amide bonds. The first-order valence-corrected chi connectivity index (χ1v) is 6.71. The van der Waals surface area contributed by atoms with E-state index >= 15 is 0 Å². The highest BCUT2D eigenvalue weighted by Gasteiger charge is 2.13. The number of hydrogen-bond acceptors (Lipinski definition) is 2. The summed E-state index contributed by atoms with van der Waals surface area (Å²) in [6, 6.07) is 17.0. The van der Waals surface area contributed by atoms with E-state index in [-0.39, 0.29) is 18.6 Å². The summed E-state index contributed by atoms with van der Waals surface area (Å²) in [5.41, 5.74) is 2.76. The predicted octanol–water partition coefficient (Wildman–Crippen LogP) is 2.33. The van der Waals surface area contributed by atoms with E-state index in [0.717, 1.165) is 11.1 Å². The molecule has 2 aromatic carbocycles. The van der Waals surface area contributed by atoms with E-state index in [0.29, 0.717) is 12.0 Å². The van der Waals surface area contributed by atoms with Gasteiger partial charge in [-0.25, -0.2) is 0 Å². The molecule has 2 rings (SSSR count). The van der Waals surface area contributed by atoms with Crippen LogP contribution in [0.5, 0.6) is 0 Å². The van der Waals surface area contributed by atoms with Crippen molar-refractivity contribution in [2.24, 2.45) is 0 Å². The van der Waals surface area contributed by atoms with Crippen LogP contribution >= 0.6 is 0 Å². The molecule has 0 heterocycles. The van der Waals surface area contributed by atoms with Gasteiger partial charge in [-0.3, -0.25) is 4.79 Å². The summed E-state index contributed by atoms with van der Waals surface area (Å²) >= 11 is 0. The third-order valence-corrected chi connectivity index (χ3v) is 3.16. The van der Waals surface area contributed by atoms with Crippen LogP contribution in [-0.2, 0) is 6.42 Å². The number of aliphatic hydroxyl groups is 1. The molecule has 0 aromatic heterocycles. The lowest BCUT2D eigenvalue weighted by Crippen LogP contribution is -2.39. The molecule has 0 fully saturated rings.